The number of hydrogen-bond acceptors (Lipinski definition) is 7. The first-order valence-corrected chi connectivity index (χ1v) is 11.4. The predicted octanol–water partition coefficient (Wildman–Crippen LogP) is 2.28. The number of benzene rings is 2. The van der Waals surface area contributed by atoms with Crippen LogP contribution in [0.1, 0.15) is 12.5 Å². The third kappa shape index (κ3) is 5.27. The Labute approximate surface area is 188 Å². The van der Waals surface area contributed by atoms with Gasteiger partial charge in [-0.3, -0.25) is 9.78 Å². The first kappa shape index (κ1) is 22.2. The third-order valence-corrected chi connectivity index (χ3v) is 6.04. The van der Waals surface area contributed by atoms with Crippen LogP contribution >= 0.6 is 0 Å². The van der Waals surface area contributed by atoms with Gasteiger partial charge in [0.2, 0.25) is 15.9 Å². The molecule has 0 aliphatic carbocycles. The summed E-state index contributed by atoms with van der Waals surface area (Å²) < 4.78 is 39.1. The summed E-state index contributed by atoms with van der Waals surface area (Å²) in [7, 11) is -3.93. The van der Waals surface area contributed by atoms with E-state index in [1.54, 1.807) is 36.4 Å². The summed E-state index contributed by atoms with van der Waals surface area (Å²) in [6.45, 7) is 2.44. The van der Waals surface area contributed by atoms with Gasteiger partial charge in [0.25, 0.3) is 5.56 Å². The third-order valence-electron chi connectivity index (χ3n) is 4.64. The van der Waals surface area contributed by atoms with Gasteiger partial charge in [0.05, 0.1) is 22.4 Å². The van der Waals surface area contributed by atoms with Crippen LogP contribution in [0.4, 0.5) is 0 Å². The highest BCUT2D eigenvalue weighted by Crippen LogP contribution is 2.23. The van der Waals surface area contributed by atoms with E-state index in [2.05, 4.69) is 19.7 Å². The summed E-state index contributed by atoms with van der Waals surface area (Å²) in [5, 5.41) is 0.0624. The average molecular weight is 468 g/mol. The van der Waals surface area contributed by atoms with Gasteiger partial charge in [-0.05, 0) is 61.0 Å². The number of fused-ring (bicyclic) bond motifs is 1. The molecule has 33 heavy (non-hydrogen) atoms. The van der Waals surface area contributed by atoms with Crippen molar-refractivity contribution < 1.29 is 17.9 Å². The van der Waals surface area contributed by atoms with Crippen molar-refractivity contribution in [2.24, 2.45) is 0 Å². The topological polar surface area (TPSA) is 143 Å². The first-order chi connectivity index (χ1) is 15.8. The Balaban J connectivity index is 1.48. The van der Waals surface area contributed by atoms with Gasteiger partial charge in [-0.1, -0.05) is 0 Å². The number of aromatic amines is 2. The molecule has 0 unspecified atom stereocenters. The van der Waals surface area contributed by atoms with Gasteiger partial charge >= 0.3 is 5.69 Å². The molecular formula is C22H20N4O6S. The van der Waals surface area contributed by atoms with Crippen molar-refractivity contribution in [3.05, 3.63) is 87.2 Å². The number of nitrogens with zero attached hydrogens (tertiary/aromatic N) is 1. The Hall–Kier alpha value is -3.96. The number of hydrogen-bond donors (Lipinski definition) is 3. The summed E-state index contributed by atoms with van der Waals surface area (Å²) in [6.07, 6.45) is 1.51. The molecule has 0 saturated carbocycles. The fourth-order valence-electron chi connectivity index (χ4n) is 3.08. The van der Waals surface area contributed by atoms with Crippen LogP contribution in [0.5, 0.6) is 17.4 Å². The molecule has 0 bridgehead atoms. The Morgan fingerprint density at radius 3 is 2.48 bits per heavy atom. The van der Waals surface area contributed by atoms with Crippen LogP contribution in [0.15, 0.2) is 75.3 Å². The van der Waals surface area contributed by atoms with Crippen LogP contribution in [0.3, 0.4) is 0 Å². The Morgan fingerprint density at radius 1 is 0.970 bits per heavy atom. The van der Waals surface area contributed by atoms with E-state index in [0.29, 0.717) is 23.8 Å². The van der Waals surface area contributed by atoms with Crippen LogP contribution in [-0.4, -0.2) is 30.0 Å². The highest BCUT2D eigenvalue weighted by atomic mass is 32.2. The number of sulfonamides is 1. The van der Waals surface area contributed by atoms with Crippen LogP contribution in [-0.2, 0) is 16.6 Å². The van der Waals surface area contributed by atoms with Gasteiger partial charge in [0.15, 0.2) is 0 Å². The molecule has 4 rings (SSSR count). The lowest BCUT2D eigenvalue weighted by Crippen LogP contribution is -2.25. The summed E-state index contributed by atoms with van der Waals surface area (Å²) in [4.78, 5) is 31.9. The maximum absolute atomic E-state index is 12.7. The largest absolute Gasteiger partial charge is 0.494 e. The standard InChI is InChI=1S/C22H20N4O6S/c1-2-31-15-3-5-16(6-4-15)32-20-11-14(9-10-23-20)13-24-33(29,30)17-7-8-19-18(12-17)21(27)26-22(28)25-19/h3-12,24H,2,13H2,1H3,(H2,25,26,27,28). The van der Waals surface area contributed by atoms with Gasteiger partial charge in [0.1, 0.15) is 11.5 Å². The molecule has 4 aromatic rings. The summed E-state index contributed by atoms with van der Waals surface area (Å²) >= 11 is 0. The normalized spacial score (nSPS) is 11.4. The molecule has 0 saturated heterocycles. The van der Waals surface area contributed by atoms with Crippen molar-refractivity contribution in [3.8, 4) is 17.4 Å². The molecule has 0 aliphatic rings. The van der Waals surface area contributed by atoms with Crippen molar-refractivity contribution in [1.82, 2.24) is 19.7 Å². The molecule has 2 aromatic carbocycles. The van der Waals surface area contributed by atoms with Crippen LogP contribution in [0.2, 0.25) is 0 Å². The lowest BCUT2D eigenvalue weighted by Gasteiger charge is -2.10. The quantitative estimate of drug-likeness (QED) is 0.360. The molecule has 0 amide bonds. The summed E-state index contributed by atoms with van der Waals surface area (Å²) in [5.41, 5.74) is -0.469. The minimum absolute atomic E-state index is 0.0233. The first-order valence-electron chi connectivity index (χ1n) is 9.96. The molecule has 0 fully saturated rings. The monoisotopic (exact) mass is 468 g/mol. The fourth-order valence-corrected chi connectivity index (χ4v) is 4.12. The number of rotatable bonds is 8. The highest BCUT2D eigenvalue weighted by molar-refractivity contribution is 7.89. The van der Waals surface area contributed by atoms with E-state index in [9.17, 15) is 18.0 Å². The number of aromatic nitrogens is 3. The maximum Gasteiger partial charge on any atom is 0.326 e. The molecule has 0 spiro atoms. The van der Waals surface area contributed by atoms with E-state index < -0.39 is 21.3 Å². The van der Waals surface area contributed by atoms with Gasteiger partial charge in [0, 0.05) is 18.8 Å². The van der Waals surface area contributed by atoms with E-state index in [1.165, 1.54) is 24.4 Å². The minimum Gasteiger partial charge on any atom is -0.494 e. The predicted molar refractivity (Wildman–Crippen MR) is 121 cm³/mol. The molecule has 0 atom stereocenters. The van der Waals surface area contributed by atoms with Gasteiger partial charge in [-0.2, -0.15) is 0 Å². The lowest BCUT2D eigenvalue weighted by atomic mass is 10.2. The van der Waals surface area contributed by atoms with E-state index in [1.807, 2.05) is 6.92 Å². The molecule has 0 aliphatic heterocycles. The second kappa shape index (κ2) is 9.27. The van der Waals surface area contributed by atoms with Crippen molar-refractivity contribution in [1.29, 1.82) is 0 Å². The van der Waals surface area contributed by atoms with Crippen molar-refractivity contribution in [3.63, 3.8) is 0 Å². The van der Waals surface area contributed by atoms with Gasteiger partial charge in [-0.25, -0.2) is 22.9 Å². The van der Waals surface area contributed by atoms with Crippen LogP contribution < -0.4 is 25.4 Å². The minimum atomic E-state index is -3.93. The van der Waals surface area contributed by atoms with E-state index in [0.717, 1.165) is 5.75 Å². The zero-order valence-corrected chi connectivity index (χ0v) is 18.3. The second-order valence-electron chi connectivity index (χ2n) is 6.95. The molecule has 3 N–H and O–H groups in total. The fraction of sp³-hybridized carbons (Fsp3) is 0.136. The number of nitrogens with one attached hydrogen (secondary N) is 3. The van der Waals surface area contributed by atoms with Crippen molar-refractivity contribution in [2.75, 3.05) is 6.61 Å². The number of pyridine rings is 1. The van der Waals surface area contributed by atoms with Gasteiger partial charge < -0.3 is 14.5 Å². The smallest absolute Gasteiger partial charge is 0.326 e. The second-order valence-corrected chi connectivity index (χ2v) is 8.72. The summed E-state index contributed by atoms with van der Waals surface area (Å²) in [6, 6.07) is 14.2. The average Bonchev–Trinajstić information content (AvgIpc) is 2.79. The summed E-state index contributed by atoms with van der Waals surface area (Å²) in [5.74, 6) is 1.59. The molecule has 170 valence electrons. The molecule has 2 aromatic heterocycles. The molecule has 10 nitrogen and oxygen atoms in total. The zero-order valence-electron chi connectivity index (χ0n) is 17.5. The van der Waals surface area contributed by atoms with E-state index >= 15 is 0 Å². The van der Waals surface area contributed by atoms with Crippen molar-refractivity contribution in [2.45, 2.75) is 18.4 Å². The molecule has 0 radical (unpaired) electrons. The van der Waals surface area contributed by atoms with Crippen LogP contribution in [0, 0.1) is 0 Å². The molecule has 2 heterocycles. The maximum atomic E-state index is 12.7. The number of ether oxygens (including phenoxy) is 2. The molecule has 11 heteroatoms. The Morgan fingerprint density at radius 2 is 1.73 bits per heavy atom. The lowest BCUT2D eigenvalue weighted by molar-refractivity contribution is 0.339. The Bertz CT molecular complexity index is 1510. The highest BCUT2D eigenvalue weighted by Gasteiger charge is 2.16. The van der Waals surface area contributed by atoms with Gasteiger partial charge in [-0.15, -0.1) is 0 Å². The van der Waals surface area contributed by atoms with Crippen molar-refractivity contribution >= 4 is 20.9 Å². The Kier molecular flexibility index (Phi) is 6.24. The van der Waals surface area contributed by atoms with Crippen LogP contribution in [0.25, 0.3) is 10.9 Å². The zero-order chi connectivity index (χ0) is 23.4. The van der Waals surface area contributed by atoms with E-state index in [4.69, 9.17) is 9.47 Å². The SMILES string of the molecule is CCOc1ccc(Oc2cc(CNS(=O)(=O)c3ccc4[nH]c(=O)[nH]c(=O)c4c3)ccn2)cc1. The molecular weight excluding hydrogens is 448 g/mol. The van der Waals surface area contributed by atoms with E-state index in [-0.39, 0.29) is 22.3 Å². The number of H-pyrrole nitrogens is 2.